The van der Waals surface area contributed by atoms with Crippen LogP contribution in [0.1, 0.15) is 18.1 Å². The lowest BCUT2D eigenvalue weighted by atomic mass is 10.0. The van der Waals surface area contributed by atoms with E-state index in [2.05, 4.69) is 10.5 Å². The topological polar surface area (TPSA) is 59.9 Å². The summed E-state index contributed by atoms with van der Waals surface area (Å²) in [6, 6.07) is 12.3. The highest BCUT2D eigenvalue weighted by molar-refractivity contribution is 6.45. The van der Waals surface area contributed by atoms with Crippen molar-refractivity contribution in [1.29, 1.82) is 0 Å². The monoisotopic (exact) mass is 380 g/mol. The third kappa shape index (κ3) is 5.11. The number of halogens is 2. The van der Waals surface area contributed by atoms with Gasteiger partial charge in [-0.25, -0.2) is 0 Å². The molecule has 0 spiro atoms. The molecule has 1 N–H and O–H groups in total. The summed E-state index contributed by atoms with van der Waals surface area (Å²) in [5, 5.41) is 7.53. The zero-order valence-electron chi connectivity index (χ0n) is 13.9. The highest BCUT2D eigenvalue weighted by Gasteiger charge is 2.18. The first kappa shape index (κ1) is 19.1. The summed E-state index contributed by atoms with van der Waals surface area (Å²) in [5.74, 6) is 0.186. The first-order valence-electron chi connectivity index (χ1n) is 7.62. The van der Waals surface area contributed by atoms with E-state index in [0.717, 1.165) is 5.56 Å². The van der Waals surface area contributed by atoms with Crippen molar-refractivity contribution in [2.45, 2.75) is 13.5 Å². The molecule has 5 nitrogen and oxygen atoms in total. The summed E-state index contributed by atoms with van der Waals surface area (Å²) < 4.78 is 5.77. The van der Waals surface area contributed by atoms with Crippen molar-refractivity contribution in [3.8, 4) is 5.75 Å². The van der Waals surface area contributed by atoms with Crippen LogP contribution < -0.4 is 10.1 Å². The molecule has 0 atom stereocenters. The molecule has 2 rings (SSSR count). The molecule has 2 aromatic carbocycles. The fraction of sp³-hybridized carbons (Fsp3) is 0.222. The predicted octanol–water partition coefficient (Wildman–Crippen LogP) is 4.06. The molecule has 132 valence electrons. The first-order chi connectivity index (χ1) is 12.1. The number of carbonyl (C=O) groups excluding carboxylic acids is 1. The van der Waals surface area contributed by atoms with Crippen LogP contribution in [-0.4, -0.2) is 25.3 Å². The Bertz CT molecular complexity index is 779. The van der Waals surface area contributed by atoms with Crippen LogP contribution in [0, 0.1) is 0 Å². The van der Waals surface area contributed by atoms with Crippen LogP contribution in [0.3, 0.4) is 0 Å². The molecular formula is C18H18Cl2N2O3. The van der Waals surface area contributed by atoms with Crippen molar-refractivity contribution in [1.82, 2.24) is 5.32 Å². The van der Waals surface area contributed by atoms with Gasteiger partial charge in [-0.1, -0.05) is 52.6 Å². The van der Waals surface area contributed by atoms with E-state index in [1.165, 1.54) is 7.11 Å². The number of ether oxygens (including phenoxy) is 1. The second-order valence-corrected chi connectivity index (χ2v) is 5.85. The quantitative estimate of drug-likeness (QED) is 0.581. The minimum atomic E-state index is -0.318. The van der Waals surface area contributed by atoms with Crippen molar-refractivity contribution in [2.24, 2.45) is 5.16 Å². The van der Waals surface area contributed by atoms with Crippen molar-refractivity contribution in [3.05, 3.63) is 63.6 Å². The number of nitrogens with one attached hydrogen (secondary N) is 1. The Balaban J connectivity index is 2.27. The Kier molecular flexibility index (Phi) is 7.10. The normalized spacial score (nSPS) is 11.1. The number of nitrogens with zero attached hydrogens (tertiary/aromatic N) is 1. The number of amides is 1. The van der Waals surface area contributed by atoms with Crippen LogP contribution in [-0.2, 0) is 16.2 Å². The minimum absolute atomic E-state index is 0.186. The van der Waals surface area contributed by atoms with Gasteiger partial charge in [0.05, 0.1) is 5.02 Å². The largest absolute Gasteiger partial charge is 0.487 e. The minimum Gasteiger partial charge on any atom is -0.487 e. The van der Waals surface area contributed by atoms with Gasteiger partial charge >= 0.3 is 0 Å². The van der Waals surface area contributed by atoms with Gasteiger partial charge in [0.25, 0.3) is 5.91 Å². The second kappa shape index (κ2) is 9.30. The SMILES string of the molecule is CCNC(=O)C(=NOC)c1ccccc1COc1ccc(Cl)cc1Cl. The molecular weight excluding hydrogens is 363 g/mol. The third-order valence-electron chi connectivity index (χ3n) is 3.28. The average Bonchev–Trinajstić information content (AvgIpc) is 2.59. The molecule has 0 aliphatic rings. The lowest BCUT2D eigenvalue weighted by molar-refractivity contribution is -0.114. The molecule has 7 heteroatoms. The molecule has 0 heterocycles. The van der Waals surface area contributed by atoms with Gasteiger partial charge < -0.3 is 14.9 Å². The fourth-order valence-electron chi connectivity index (χ4n) is 2.17. The Morgan fingerprint density at radius 2 is 1.96 bits per heavy atom. The molecule has 0 aromatic heterocycles. The van der Waals surface area contributed by atoms with E-state index in [1.54, 1.807) is 24.3 Å². The van der Waals surface area contributed by atoms with Crippen LogP contribution in [0.25, 0.3) is 0 Å². The van der Waals surface area contributed by atoms with E-state index in [0.29, 0.717) is 27.9 Å². The summed E-state index contributed by atoms with van der Waals surface area (Å²) in [5.41, 5.74) is 1.58. The van der Waals surface area contributed by atoms with E-state index >= 15 is 0 Å². The van der Waals surface area contributed by atoms with Gasteiger partial charge in [0.1, 0.15) is 19.5 Å². The maximum atomic E-state index is 12.3. The Hall–Kier alpha value is -2.24. The maximum absolute atomic E-state index is 12.3. The van der Waals surface area contributed by atoms with Crippen LogP contribution in [0.4, 0.5) is 0 Å². The maximum Gasteiger partial charge on any atom is 0.273 e. The first-order valence-corrected chi connectivity index (χ1v) is 8.37. The average molecular weight is 381 g/mol. The van der Waals surface area contributed by atoms with E-state index in [1.807, 2.05) is 25.1 Å². The van der Waals surface area contributed by atoms with Crippen molar-refractivity contribution >= 4 is 34.8 Å². The van der Waals surface area contributed by atoms with Crippen LogP contribution in [0.15, 0.2) is 47.6 Å². The lowest BCUT2D eigenvalue weighted by Crippen LogP contribution is -2.32. The number of rotatable bonds is 7. The number of oxime groups is 1. The van der Waals surface area contributed by atoms with Gasteiger partial charge in [0.15, 0.2) is 5.71 Å². The van der Waals surface area contributed by atoms with Gasteiger partial charge in [-0.15, -0.1) is 0 Å². The number of benzene rings is 2. The van der Waals surface area contributed by atoms with Crippen molar-refractivity contribution in [2.75, 3.05) is 13.7 Å². The van der Waals surface area contributed by atoms with Crippen LogP contribution in [0.5, 0.6) is 5.75 Å². The van der Waals surface area contributed by atoms with Crippen LogP contribution >= 0.6 is 23.2 Å². The smallest absolute Gasteiger partial charge is 0.273 e. The highest BCUT2D eigenvalue weighted by atomic mass is 35.5. The molecule has 1 amide bonds. The lowest BCUT2D eigenvalue weighted by Gasteiger charge is -2.13. The van der Waals surface area contributed by atoms with Gasteiger partial charge in [0.2, 0.25) is 0 Å². The molecule has 0 saturated carbocycles. The van der Waals surface area contributed by atoms with E-state index in [4.69, 9.17) is 32.8 Å². The Labute approximate surface area is 156 Å². The molecule has 0 radical (unpaired) electrons. The van der Waals surface area contributed by atoms with Gasteiger partial charge in [0, 0.05) is 17.1 Å². The predicted molar refractivity (Wildman–Crippen MR) is 99.5 cm³/mol. The van der Waals surface area contributed by atoms with Gasteiger partial charge in [-0.2, -0.15) is 0 Å². The van der Waals surface area contributed by atoms with E-state index in [-0.39, 0.29) is 18.2 Å². The number of hydrogen-bond donors (Lipinski definition) is 1. The van der Waals surface area contributed by atoms with Crippen molar-refractivity contribution < 1.29 is 14.4 Å². The third-order valence-corrected chi connectivity index (χ3v) is 3.82. The number of likely N-dealkylation sites (N-methyl/N-ethyl adjacent to an activating group) is 1. The fourth-order valence-corrected chi connectivity index (χ4v) is 2.64. The summed E-state index contributed by atoms with van der Waals surface area (Å²) in [6.07, 6.45) is 0. The molecule has 0 saturated heterocycles. The molecule has 0 unspecified atom stereocenters. The summed E-state index contributed by atoms with van der Waals surface area (Å²) in [7, 11) is 1.39. The zero-order chi connectivity index (χ0) is 18.2. The van der Waals surface area contributed by atoms with E-state index in [9.17, 15) is 4.79 Å². The van der Waals surface area contributed by atoms with E-state index < -0.39 is 0 Å². The zero-order valence-corrected chi connectivity index (χ0v) is 15.4. The standard InChI is InChI=1S/C18H18Cl2N2O3/c1-3-21-18(23)17(22-24-2)14-7-5-4-6-12(14)11-25-16-9-8-13(19)10-15(16)20/h4-10H,3,11H2,1-2H3,(H,21,23). The highest BCUT2D eigenvalue weighted by Crippen LogP contribution is 2.28. The summed E-state index contributed by atoms with van der Waals surface area (Å²) in [4.78, 5) is 17.1. The molecule has 0 fully saturated rings. The number of hydrogen-bond acceptors (Lipinski definition) is 4. The van der Waals surface area contributed by atoms with Gasteiger partial charge in [-0.3, -0.25) is 4.79 Å². The molecule has 25 heavy (non-hydrogen) atoms. The Morgan fingerprint density at radius 3 is 2.64 bits per heavy atom. The molecule has 2 aromatic rings. The summed E-state index contributed by atoms with van der Waals surface area (Å²) in [6.45, 7) is 2.53. The number of carbonyl (C=O) groups is 1. The van der Waals surface area contributed by atoms with Crippen LogP contribution in [0.2, 0.25) is 10.0 Å². The second-order valence-electron chi connectivity index (χ2n) is 5.00. The summed E-state index contributed by atoms with van der Waals surface area (Å²) >= 11 is 12.0. The molecule has 0 aliphatic carbocycles. The molecule has 0 bridgehead atoms. The van der Waals surface area contributed by atoms with Crippen molar-refractivity contribution in [3.63, 3.8) is 0 Å². The Morgan fingerprint density at radius 1 is 1.20 bits per heavy atom. The molecule has 0 aliphatic heterocycles. The van der Waals surface area contributed by atoms with Gasteiger partial charge in [-0.05, 0) is 30.7 Å².